The van der Waals surface area contributed by atoms with E-state index in [2.05, 4.69) is 41.0 Å². The molecule has 0 bridgehead atoms. The first-order valence-electron chi connectivity index (χ1n) is 6.59. The first-order chi connectivity index (χ1) is 8.61. The van der Waals surface area contributed by atoms with Gasteiger partial charge < -0.3 is 4.90 Å². The van der Waals surface area contributed by atoms with E-state index in [9.17, 15) is 0 Å². The topological polar surface area (TPSA) is 49.2 Å². The number of rotatable bonds is 3. The first kappa shape index (κ1) is 13.4. The lowest BCUT2D eigenvalue weighted by molar-refractivity contribution is 0.222. The van der Waals surface area contributed by atoms with Crippen LogP contribution in [0.2, 0.25) is 0 Å². The zero-order chi connectivity index (χ0) is 13.1. The van der Waals surface area contributed by atoms with E-state index in [1.165, 1.54) is 5.71 Å². The van der Waals surface area contributed by atoms with Gasteiger partial charge in [0.15, 0.2) is 5.82 Å². The second-order valence-electron chi connectivity index (χ2n) is 4.91. The lowest BCUT2D eigenvalue weighted by Gasteiger charge is -2.30. The summed E-state index contributed by atoms with van der Waals surface area (Å²) in [7, 11) is 0. The summed E-state index contributed by atoms with van der Waals surface area (Å²) in [5.41, 5.74) is 1.22. The molecule has 5 nitrogen and oxygen atoms in total. The number of aromatic amines is 1. The summed E-state index contributed by atoms with van der Waals surface area (Å²) in [6.45, 7) is 8.71. The molecule has 0 radical (unpaired) electrons. The number of hydrogen-bond acceptors (Lipinski definition) is 4. The van der Waals surface area contributed by atoms with Crippen molar-refractivity contribution in [3.05, 3.63) is 10.6 Å². The highest BCUT2D eigenvalue weighted by molar-refractivity contribution is 7.71. The molecule has 1 aliphatic rings. The van der Waals surface area contributed by atoms with Gasteiger partial charge in [0.05, 0.1) is 0 Å². The number of likely N-dealkylation sites (tertiary alicyclic amines) is 1. The number of hydrogen-bond donors (Lipinski definition) is 1. The zero-order valence-corrected chi connectivity index (χ0v) is 12.1. The standard InChI is InChI=1S/C12H21N5S/c1-4-11-13-14-12(18)17(11)15-10-5-7-16(8-6-10)9(2)3/h9H,4-8H2,1-3H3,(H,14,18). The van der Waals surface area contributed by atoms with Gasteiger partial charge in [-0.25, -0.2) is 0 Å². The van der Waals surface area contributed by atoms with Crippen molar-refractivity contribution in [2.45, 2.75) is 46.1 Å². The van der Waals surface area contributed by atoms with Crippen molar-refractivity contribution in [2.75, 3.05) is 13.1 Å². The summed E-state index contributed by atoms with van der Waals surface area (Å²) >= 11 is 5.20. The molecule has 0 aromatic carbocycles. The molecule has 1 aliphatic heterocycles. The second kappa shape index (κ2) is 5.75. The molecule has 1 aromatic rings. The molecule has 100 valence electrons. The van der Waals surface area contributed by atoms with Crippen LogP contribution in [0, 0.1) is 4.77 Å². The highest BCUT2D eigenvalue weighted by atomic mass is 32.1. The molecule has 2 rings (SSSR count). The van der Waals surface area contributed by atoms with Gasteiger partial charge >= 0.3 is 0 Å². The predicted molar refractivity (Wildman–Crippen MR) is 75.6 cm³/mol. The molecule has 0 amide bonds. The van der Waals surface area contributed by atoms with Crippen LogP contribution >= 0.6 is 12.2 Å². The zero-order valence-electron chi connectivity index (χ0n) is 11.3. The molecule has 1 saturated heterocycles. The number of aromatic nitrogens is 3. The minimum absolute atomic E-state index is 0.589. The van der Waals surface area contributed by atoms with Crippen molar-refractivity contribution in [3.8, 4) is 0 Å². The van der Waals surface area contributed by atoms with Crippen LogP contribution in [0.1, 0.15) is 39.4 Å². The Morgan fingerprint density at radius 1 is 1.39 bits per heavy atom. The fourth-order valence-electron chi connectivity index (χ4n) is 2.20. The van der Waals surface area contributed by atoms with Crippen LogP contribution in [0.4, 0.5) is 0 Å². The van der Waals surface area contributed by atoms with Crippen LogP contribution in [-0.2, 0) is 6.42 Å². The quantitative estimate of drug-likeness (QED) is 0.854. The van der Waals surface area contributed by atoms with Crippen LogP contribution in [0.25, 0.3) is 0 Å². The van der Waals surface area contributed by atoms with E-state index in [-0.39, 0.29) is 0 Å². The van der Waals surface area contributed by atoms with Crippen molar-refractivity contribution in [1.82, 2.24) is 19.8 Å². The lowest BCUT2D eigenvalue weighted by Crippen LogP contribution is -2.38. The number of piperidine rings is 1. The van der Waals surface area contributed by atoms with Crippen LogP contribution in [-0.4, -0.2) is 44.6 Å². The predicted octanol–water partition coefficient (Wildman–Crippen LogP) is 2.21. The molecule has 0 aliphatic carbocycles. The fraction of sp³-hybridized carbons (Fsp3) is 0.750. The third kappa shape index (κ3) is 2.87. The van der Waals surface area contributed by atoms with Crippen LogP contribution < -0.4 is 0 Å². The Kier molecular flexibility index (Phi) is 4.29. The van der Waals surface area contributed by atoms with E-state index in [0.29, 0.717) is 10.8 Å². The molecule has 0 spiro atoms. The van der Waals surface area contributed by atoms with Gasteiger partial charge in [-0.15, -0.1) is 0 Å². The SMILES string of the molecule is CCc1n[nH]c(=S)n1N=C1CCN(C(C)C)CC1. The minimum atomic E-state index is 0.589. The van der Waals surface area contributed by atoms with Crippen LogP contribution in [0.15, 0.2) is 5.10 Å². The smallest absolute Gasteiger partial charge is 0.216 e. The van der Waals surface area contributed by atoms with E-state index in [4.69, 9.17) is 12.2 Å². The summed E-state index contributed by atoms with van der Waals surface area (Å²) < 4.78 is 2.36. The van der Waals surface area contributed by atoms with E-state index in [0.717, 1.165) is 38.2 Å². The molecule has 2 heterocycles. The summed E-state index contributed by atoms with van der Waals surface area (Å²) in [5, 5.41) is 11.6. The molecule has 18 heavy (non-hydrogen) atoms. The Hall–Kier alpha value is -1.01. The molecular weight excluding hydrogens is 246 g/mol. The van der Waals surface area contributed by atoms with Crippen molar-refractivity contribution >= 4 is 17.9 Å². The largest absolute Gasteiger partial charge is 0.300 e. The van der Waals surface area contributed by atoms with Crippen molar-refractivity contribution in [3.63, 3.8) is 0 Å². The first-order valence-corrected chi connectivity index (χ1v) is 6.99. The summed E-state index contributed by atoms with van der Waals surface area (Å²) in [6, 6.07) is 0.619. The maximum absolute atomic E-state index is 5.20. The summed E-state index contributed by atoms with van der Waals surface area (Å²) in [4.78, 5) is 2.48. The minimum Gasteiger partial charge on any atom is -0.300 e. The monoisotopic (exact) mass is 267 g/mol. The van der Waals surface area contributed by atoms with E-state index >= 15 is 0 Å². The molecule has 0 atom stereocenters. The Morgan fingerprint density at radius 3 is 2.61 bits per heavy atom. The lowest BCUT2D eigenvalue weighted by atomic mass is 10.1. The van der Waals surface area contributed by atoms with E-state index < -0.39 is 0 Å². The molecule has 1 N–H and O–H groups in total. The van der Waals surface area contributed by atoms with Gasteiger partial charge in [0, 0.05) is 44.1 Å². The third-order valence-electron chi connectivity index (χ3n) is 3.38. The highest BCUT2D eigenvalue weighted by Gasteiger charge is 2.17. The Morgan fingerprint density at radius 2 is 2.06 bits per heavy atom. The van der Waals surface area contributed by atoms with Crippen LogP contribution in [0.3, 0.4) is 0 Å². The summed E-state index contributed by atoms with van der Waals surface area (Å²) in [5.74, 6) is 0.902. The average molecular weight is 267 g/mol. The van der Waals surface area contributed by atoms with Crippen LogP contribution in [0.5, 0.6) is 0 Å². The van der Waals surface area contributed by atoms with Gasteiger partial charge in [-0.05, 0) is 26.1 Å². The fourth-order valence-corrected chi connectivity index (χ4v) is 2.39. The van der Waals surface area contributed by atoms with Gasteiger partial charge in [0.25, 0.3) is 0 Å². The molecule has 1 aromatic heterocycles. The number of H-pyrrole nitrogens is 1. The van der Waals surface area contributed by atoms with E-state index in [1.54, 1.807) is 4.68 Å². The van der Waals surface area contributed by atoms with Crippen molar-refractivity contribution < 1.29 is 0 Å². The number of nitrogens with zero attached hydrogens (tertiary/aromatic N) is 4. The summed E-state index contributed by atoms with van der Waals surface area (Å²) in [6.07, 6.45) is 2.88. The Labute approximate surface area is 113 Å². The van der Waals surface area contributed by atoms with Crippen molar-refractivity contribution in [2.24, 2.45) is 5.10 Å². The number of aryl methyl sites for hydroxylation is 1. The van der Waals surface area contributed by atoms with Gasteiger partial charge in [0.2, 0.25) is 4.77 Å². The molecule has 6 heteroatoms. The third-order valence-corrected chi connectivity index (χ3v) is 3.64. The normalized spacial score (nSPS) is 17.4. The number of nitrogens with one attached hydrogen (secondary N) is 1. The van der Waals surface area contributed by atoms with E-state index in [1.807, 2.05) is 0 Å². The van der Waals surface area contributed by atoms with Gasteiger partial charge in [-0.3, -0.25) is 5.10 Å². The molecular formula is C12H21N5S. The Bertz CT molecular complexity index is 475. The highest BCUT2D eigenvalue weighted by Crippen LogP contribution is 2.11. The maximum Gasteiger partial charge on any atom is 0.216 e. The van der Waals surface area contributed by atoms with Gasteiger partial charge in [-0.1, -0.05) is 6.92 Å². The average Bonchev–Trinajstić information content (AvgIpc) is 2.71. The second-order valence-corrected chi connectivity index (χ2v) is 5.29. The molecule has 1 fully saturated rings. The maximum atomic E-state index is 5.20. The van der Waals surface area contributed by atoms with Gasteiger partial charge in [-0.2, -0.15) is 14.9 Å². The Balaban J connectivity index is 2.11. The van der Waals surface area contributed by atoms with Gasteiger partial charge in [0.1, 0.15) is 0 Å². The molecule has 0 saturated carbocycles. The molecule has 0 unspecified atom stereocenters. The van der Waals surface area contributed by atoms with Crippen molar-refractivity contribution in [1.29, 1.82) is 0 Å².